The molecule has 0 unspecified atom stereocenters. The molecule has 0 aliphatic carbocycles. The topological polar surface area (TPSA) is 85.7 Å². The maximum Gasteiger partial charge on any atom is 0.191 e. The van der Waals surface area contributed by atoms with Gasteiger partial charge in [-0.05, 0) is 49.2 Å². The van der Waals surface area contributed by atoms with Crippen molar-refractivity contribution in [2.24, 2.45) is 0 Å². The number of fused-ring (bicyclic) bond motifs is 1. The van der Waals surface area contributed by atoms with Gasteiger partial charge in [0.05, 0.1) is 22.7 Å². The summed E-state index contributed by atoms with van der Waals surface area (Å²) >= 11 is 0. The number of hydrogen-bond acceptors (Lipinski definition) is 5. The highest BCUT2D eigenvalue weighted by Crippen LogP contribution is 2.34. The largest absolute Gasteiger partial charge is 0.363 e. The Kier molecular flexibility index (Phi) is 4.80. The van der Waals surface area contributed by atoms with Crippen LogP contribution >= 0.6 is 0 Å². The molecule has 0 amide bonds. The number of nitrogens with zero attached hydrogens (tertiary/aromatic N) is 4. The molecule has 0 aliphatic rings. The van der Waals surface area contributed by atoms with E-state index in [1.54, 1.807) is 6.20 Å². The highest BCUT2D eigenvalue weighted by atomic mass is 16.1. The molecule has 4 aromatic rings. The van der Waals surface area contributed by atoms with Crippen LogP contribution in [0.15, 0.2) is 53.5 Å². The van der Waals surface area contributed by atoms with E-state index in [-0.39, 0.29) is 5.43 Å². The van der Waals surface area contributed by atoms with E-state index in [0.717, 1.165) is 33.8 Å². The standard InChI is InChI=1S/C24H21N5O/c1-14-5-6-16(10-18(14)13-25)23-19(12-20-21(30)7-8-26-24(20)28-23)17-9-15(2)27-22(11-17)29(3)4/h5-12H,1-4H3,(H,26,28,30). The lowest BCUT2D eigenvalue weighted by Crippen LogP contribution is -2.11. The minimum Gasteiger partial charge on any atom is -0.363 e. The number of aromatic amines is 1. The van der Waals surface area contributed by atoms with Crippen molar-refractivity contribution in [2.45, 2.75) is 13.8 Å². The number of nitrogens with one attached hydrogen (secondary N) is 1. The summed E-state index contributed by atoms with van der Waals surface area (Å²) in [7, 11) is 3.88. The van der Waals surface area contributed by atoms with E-state index in [1.807, 2.05) is 69.2 Å². The van der Waals surface area contributed by atoms with Crippen molar-refractivity contribution in [2.75, 3.05) is 19.0 Å². The van der Waals surface area contributed by atoms with Crippen molar-refractivity contribution in [1.82, 2.24) is 15.0 Å². The second kappa shape index (κ2) is 7.45. The summed E-state index contributed by atoms with van der Waals surface area (Å²) in [6.45, 7) is 3.85. The molecule has 0 aliphatic heterocycles. The first-order valence-corrected chi connectivity index (χ1v) is 9.57. The van der Waals surface area contributed by atoms with Crippen molar-refractivity contribution in [1.29, 1.82) is 5.26 Å². The maximum atomic E-state index is 12.5. The van der Waals surface area contributed by atoms with Crippen LogP contribution in [0.25, 0.3) is 33.4 Å². The number of pyridine rings is 3. The third kappa shape index (κ3) is 3.42. The summed E-state index contributed by atoms with van der Waals surface area (Å²) < 4.78 is 0. The van der Waals surface area contributed by atoms with Gasteiger partial charge < -0.3 is 9.88 Å². The van der Waals surface area contributed by atoms with E-state index in [4.69, 9.17) is 4.98 Å². The number of anilines is 1. The van der Waals surface area contributed by atoms with Crippen LogP contribution in [0.1, 0.15) is 16.8 Å². The predicted molar refractivity (Wildman–Crippen MR) is 120 cm³/mol. The number of H-pyrrole nitrogens is 1. The number of benzene rings is 1. The maximum absolute atomic E-state index is 12.5. The molecule has 1 aromatic carbocycles. The molecule has 0 radical (unpaired) electrons. The molecule has 0 spiro atoms. The van der Waals surface area contributed by atoms with E-state index in [0.29, 0.717) is 22.3 Å². The highest BCUT2D eigenvalue weighted by Gasteiger charge is 2.16. The average molecular weight is 395 g/mol. The van der Waals surface area contributed by atoms with Crippen LogP contribution in [0.5, 0.6) is 0 Å². The summed E-state index contributed by atoms with van der Waals surface area (Å²) in [5.74, 6) is 0.819. The number of nitriles is 1. The van der Waals surface area contributed by atoms with Gasteiger partial charge in [-0.15, -0.1) is 0 Å². The van der Waals surface area contributed by atoms with Gasteiger partial charge in [-0.2, -0.15) is 5.26 Å². The van der Waals surface area contributed by atoms with Crippen LogP contribution in [-0.4, -0.2) is 29.0 Å². The van der Waals surface area contributed by atoms with Gasteiger partial charge in [0, 0.05) is 43.2 Å². The first-order chi connectivity index (χ1) is 14.4. The summed E-state index contributed by atoms with van der Waals surface area (Å²) in [4.78, 5) is 26.8. The molecule has 3 aromatic heterocycles. The molecular weight excluding hydrogens is 374 g/mol. The third-order valence-corrected chi connectivity index (χ3v) is 5.08. The zero-order chi connectivity index (χ0) is 21.4. The fraction of sp³-hybridized carbons (Fsp3) is 0.167. The van der Waals surface area contributed by atoms with Gasteiger partial charge in [-0.3, -0.25) is 4.79 Å². The summed E-state index contributed by atoms with van der Waals surface area (Å²) in [5, 5.41) is 10.0. The van der Waals surface area contributed by atoms with Crippen molar-refractivity contribution in [3.8, 4) is 28.5 Å². The summed E-state index contributed by atoms with van der Waals surface area (Å²) in [6, 6.07) is 15.3. The minimum absolute atomic E-state index is 0.0933. The minimum atomic E-state index is -0.0933. The molecule has 0 fully saturated rings. The van der Waals surface area contributed by atoms with Crippen LogP contribution in [0.3, 0.4) is 0 Å². The van der Waals surface area contributed by atoms with Gasteiger partial charge in [0.25, 0.3) is 0 Å². The first-order valence-electron chi connectivity index (χ1n) is 9.57. The van der Waals surface area contributed by atoms with E-state index in [2.05, 4.69) is 16.0 Å². The molecule has 30 heavy (non-hydrogen) atoms. The fourth-order valence-electron chi connectivity index (χ4n) is 3.46. The van der Waals surface area contributed by atoms with Crippen LogP contribution in [0.2, 0.25) is 0 Å². The predicted octanol–water partition coefficient (Wildman–Crippen LogP) is 4.21. The molecule has 1 N–H and O–H groups in total. The number of aromatic nitrogens is 3. The van der Waals surface area contributed by atoms with Crippen LogP contribution in [0.4, 0.5) is 5.82 Å². The van der Waals surface area contributed by atoms with Crippen molar-refractivity contribution in [3.63, 3.8) is 0 Å². The van der Waals surface area contributed by atoms with Gasteiger partial charge in [-0.25, -0.2) is 9.97 Å². The first kappa shape index (κ1) is 19.3. The quantitative estimate of drug-likeness (QED) is 0.562. The molecule has 4 rings (SSSR count). The Bertz CT molecular complexity index is 1380. The second-order valence-corrected chi connectivity index (χ2v) is 7.51. The Hall–Kier alpha value is -3.98. The second-order valence-electron chi connectivity index (χ2n) is 7.51. The van der Waals surface area contributed by atoms with Crippen molar-refractivity contribution >= 4 is 16.9 Å². The molecule has 3 heterocycles. The smallest absolute Gasteiger partial charge is 0.191 e. The van der Waals surface area contributed by atoms with E-state index < -0.39 is 0 Å². The third-order valence-electron chi connectivity index (χ3n) is 5.08. The van der Waals surface area contributed by atoms with E-state index in [1.165, 1.54) is 6.07 Å². The van der Waals surface area contributed by atoms with Crippen LogP contribution in [0, 0.1) is 25.2 Å². The average Bonchev–Trinajstić information content (AvgIpc) is 2.73. The summed E-state index contributed by atoms with van der Waals surface area (Å²) in [6.07, 6.45) is 1.59. The Morgan fingerprint density at radius 2 is 1.80 bits per heavy atom. The van der Waals surface area contributed by atoms with Gasteiger partial charge in [0.2, 0.25) is 0 Å². The molecular formula is C24H21N5O. The normalized spacial score (nSPS) is 10.8. The Labute approximate surface area is 174 Å². The number of aryl methyl sites for hydroxylation is 2. The lowest BCUT2D eigenvalue weighted by Gasteiger charge is -2.16. The Balaban J connectivity index is 2.08. The number of rotatable bonds is 3. The van der Waals surface area contributed by atoms with E-state index >= 15 is 0 Å². The van der Waals surface area contributed by atoms with Crippen LogP contribution < -0.4 is 10.3 Å². The van der Waals surface area contributed by atoms with Gasteiger partial charge in [0.1, 0.15) is 11.5 Å². The number of hydrogen-bond donors (Lipinski definition) is 1. The lowest BCUT2D eigenvalue weighted by molar-refractivity contribution is 1.05. The van der Waals surface area contributed by atoms with Gasteiger partial charge >= 0.3 is 0 Å². The Morgan fingerprint density at radius 1 is 1.00 bits per heavy atom. The zero-order valence-corrected chi connectivity index (χ0v) is 17.3. The molecule has 6 heteroatoms. The summed E-state index contributed by atoms with van der Waals surface area (Å²) in [5.41, 5.74) is 6.05. The SMILES string of the molecule is Cc1cc(-c2cc3c(=O)cc[nH]c3nc2-c2ccc(C)c(C#N)c2)cc(N(C)C)n1. The molecule has 6 nitrogen and oxygen atoms in total. The molecule has 0 bridgehead atoms. The monoisotopic (exact) mass is 395 g/mol. The zero-order valence-electron chi connectivity index (χ0n) is 17.3. The molecule has 0 saturated carbocycles. The lowest BCUT2D eigenvalue weighted by atomic mass is 9.96. The van der Waals surface area contributed by atoms with Crippen LogP contribution in [-0.2, 0) is 0 Å². The van der Waals surface area contributed by atoms with Gasteiger partial charge in [0.15, 0.2) is 5.43 Å². The Morgan fingerprint density at radius 3 is 2.53 bits per heavy atom. The van der Waals surface area contributed by atoms with Crippen molar-refractivity contribution < 1.29 is 0 Å². The van der Waals surface area contributed by atoms with E-state index in [9.17, 15) is 10.1 Å². The molecule has 0 saturated heterocycles. The molecule has 148 valence electrons. The molecule has 0 atom stereocenters. The highest BCUT2D eigenvalue weighted by molar-refractivity contribution is 5.90. The van der Waals surface area contributed by atoms with Crippen molar-refractivity contribution in [3.05, 3.63) is 75.7 Å². The van der Waals surface area contributed by atoms with Gasteiger partial charge in [-0.1, -0.05) is 12.1 Å². The fourth-order valence-corrected chi connectivity index (χ4v) is 3.46.